The average molecular weight is 377 g/mol. The van der Waals surface area contributed by atoms with Crippen LogP contribution in [-0.4, -0.2) is 28.6 Å². The van der Waals surface area contributed by atoms with E-state index in [1.807, 2.05) is 0 Å². The Balaban J connectivity index is 1.56. The minimum Gasteiger partial charge on any atom is -0.463 e. The quantitative estimate of drug-likeness (QED) is 0.731. The van der Waals surface area contributed by atoms with Gasteiger partial charge in [0.05, 0.1) is 0 Å². The lowest BCUT2D eigenvalue weighted by atomic mass is 9.44. The van der Waals surface area contributed by atoms with Crippen molar-refractivity contribution in [2.24, 2.45) is 34.5 Å². The van der Waals surface area contributed by atoms with Gasteiger partial charge in [0.2, 0.25) is 0 Å². The van der Waals surface area contributed by atoms with Crippen molar-refractivity contribution in [3.63, 3.8) is 0 Å². The smallest absolute Gasteiger partial charge is 0.302 e. The molecule has 0 aliphatic heterocycles. The molecule has 4 nitrogen and oxygen atoms in total. The molecule has 4 heteroatoms. The highest BCUT2D eigenvalue weighted by molar-refractivity contribution is 5.86. The lowest BCUT2D eigenvalue weighted by Crippen LogP contribution is -2.58. The maximum Gasteiger partial charge on any atom is 0.302 e. The Morgan fingerprint density at radius 2 is 1.63 bits per heavy atom. The summed E-state index contributed by atoms with van der Waals surface area (Å²) in [5, 5.41) is 11.2. The van der Waals surface area contributed by atoms with Crippen molar-refractivity contribution < 1.29 is 19.4 Å². The van der Waals surface area contributed by atoms with Crippen LogP contribution in [-0.2, 0) is 14.3 Å². The molecule has 0 heterocycles. The van der Waals surface area contributed by atoms with E-state index in [9.17, 15) is 14.7 Å². The van der Waals surface area contributed by atoms with Crippen LogP contribution in [0.4, 0.5) is 0 Å². The third-order valence-electron chi connectivity index (χ3n) is 9.68. The summed E-state index contributed by atoms with van der Waals surface area (Å²) >= 11 is 0. The highest BCUT2D eigenvalue weighted by Crippen LogP contribution is 2.68. The molecule has 4 rings (SSSR count). The van der Waals surface area contributed by atoms with E-state index in [1.54, 1.807) is 6.92 Å². The van der Waals surface area contributed by atoms with Crippen LogP contribution >= 0.6 is 0 Å². The van der Waals surface area contributed by atoms with Crippen LogP contribution in [0.3, 0.4) is 0 Å². The molecule has 0 bridgehead atoms. The Hall–Kier alpha value is -0.900. The minimum atomic E-state index is -1.12. The van der Waals surface area contributed by atoms with Gasteiger partial charge in [-0.2, -0.15) is 0 Å². The van der Waals surface area contributed by atoms with Gasteiger partial charge in [-0.25, -0.2) is 0 Å². The fourth-order valence-electron chi connectivity index (χ4n) is 8.15. The SMILES string of the molecule is CC(=O)O[C@H]1CC[C@@]2(C)[C@@H](CC[C@@H]3[C@@H]2CC[C@]2(C)[C@H]3CC[C@]2(O)C(C)=O)C1. The molecular formula is C23H36O4. The second-order valence-corrected chi connectivity index (χ2v) is 10.6. The summed E-state index contributed by atoms with van der Waals surface area (Å²) in [5.41, 5.74) is -1.05. The van der Waals surface area contributed by atoms with Gasteiger partial charge in [0.25, 0.3) is 0 Å². The highest BCUT2D eigenvalue weighted by Gasteiger charge is 2.66. The van der Waals surface area contributed by atoms with Gasteiger partial charge in [0.15, 0.2) is 5.78 Å². The standard InChI is InChI=1S/C23H36O4/c1-14(24)23(26)12-9-20-18-6-5-16-13-17(27-15(2)25)7-10-21(16,3)19(18)8-11-22(20,23)4/h16-20,26H,5-13H2,1-4H3/t16-,17-,18+,19-,20-,21-,22+,23-/m0/s1. The van der Waals surface area contributed by atoms with Crippen LogP contribution in [0.15, 0.2) is 0 Å². The monoisotopic (exact) mass is 376 g/mol. The van der Waals surface area contributed by atoms with E-state index >= 15 is 0 Å². The summed E-state index contributed by atoms with van der Waals surface area (Å²) < 4.78 is 5.55. The maximum atomic E-state index is 12.3. The predicted molar refractivity (Wildman–Crippen MR) is 103 cm³/mol. The van der Waals surface area contributed by atoms with E-state index in [0.29, 0.717) is 35.5 Å². The van der Waals surface area contributed by atoms with Crippen molar-refractivity contribution >= 4 is 11.8 Å². The number of ketones is 1. The summed E-state index contributed by atoms with van der Waals surface area (Å²) in [7, 11) is 0. The van der Waals surface area contributed by atoms with Gasteiger partial charge in [-0.05, 0) is 93.8 Å². The van der Waals surface area contributed by atoms with Crippen molar-refractivity contribution in [1.82, 2.24) is 0 Å². The van der Waals surface area contributed by atoms with Crippen molar-refractivity contribution in [2.45, 2.75) is 97.2 Å². The lowest BCUT2D eigenvalue weighted by Gasteiger charge is -2.61. The normalized spacial score (nSPS) is 51.7. The fraction of sp³-hybridized carbons (Fsp3) is 0.913. The number of esters is 1. The Bertz CT molecular complexity index is 644. The molecule has 0 aromatic carbocycles. The number of hydrogen-bond acceptors (Lipinski definition) is 4. The van der Waals surface area contributed by atoms with Crippen LogP contribution in [0.25, 0.3) is 0 Å². The summed E-state index contributed by atoms with van der Waals surface area (Å²) in [4.78, 5) is 23.7. The molecule has 4 aliphatic carbocycles. The first-order valence-corrected chi connectivity index (χ1v) is 11.0. The average Bonchev–Trinajstić information content (AvgIpc) is 2.87. The molecule has 0 aromatic heterocycles. The molecule has 0 radical (unpaired) electrons. The number of Topliss-reactive ketones (excluding diaryl/α,β-unsaturated/α-hetero) is 1. The molecular weight excluding hydrogens is 340 g/mol. The molecule has 152 valence electrons. The van der Waals surface area contributed by atoms with Gasteiger partial charge in [-0.3, -0.25) is 9.59 Å². The fourth-order valence-corrected chi connectivity index (χ4v) is 8.15. The Kier molecular flexibility index (Phi) is 4.53. The van der Waals surface area contributed by atoms with Crippen molar-refractivity contribution in [1.29, 1.82) is 0 Å². The minimum absolute atomic E-state index is 0.0345. The first-order chi connectivity index (χ1) is 12.6. The van der Waals surface area contributed by atoms with Crippen molar-refractivity contribution in [3.05, 3.63) is 0 Å². The van der Waals surface area contributed by atoms with Crippen LogP contribution in [0.1, 0.15) is 85.5 Å². The number of fused-ring (bicyclic) bond motifs is 5. The van der Waals surface area contributed by atoms with E-state index in [-0.39, 0.29) is 23.3 Å². The Morgan fingerprint density at radius 1 is 0.926 bits per heavy atom. The Labute approximate surface area is 163 Å². The summed E-state index contributed by atoms with van der Waals surface area (Å²) in [6.45, 7) is 7.76. The first-order valence-electron chi connectivity index (χ1n) is 11.0. The molecule has 4 fully saturated rings. The van der Waals surface area contributed by atoms with Gasteiger partial charge in [0.1, 0.15) is 11.7 Å². The summed E-state index contributed by atoms with van der Waals surface area (Å²) in [5.74, 6) is 2.22. The van der Waals surface area contributed by atoms with Gasteiger partial charge >= 0.3 is 5.97 Å². The zero-order valence-electron chi connectivity index (χ0n) is 17.4. The summed E-state index contributed by atoms with van der Waals surface area (Å²) in [6.07, 6.45) is 9.34. The first kappa shape index (κ1) is 19.4. The molecule has 4 aliphatic rings. The zero-order valence-corrected chi connectivity index (χ0v) is 17.4. The van der Waals surface area contributed by atoms with Gasteiger partial charge in [0, 0.05) is 12.3 Å². The number of carbonyl (C=O) groups is 2. The molecule has 0 spiro atoms. The highest BCUT2D eigenvalue weighted by atomic mass is 16.5. The molecule has 4 saturated carbocycles. The van der Waals surface area contributed by atoms with E-state index < -0.39 is 5.60 Å². The zero-order chi connectivity index (χ0) is 19.6. The van der Waals surface area contributed by atoms with E-state index in [1.165, 1.54) is 19.8 Å². The number of aliphatic hydroxyl groups is 1. The largest absolute Gasteiger partial charge is 0.463 e. The molecule has 0 saturated heterocycles. The van der Waals surface area contributed by atoms with E-state index in [2.05, 4.69) is 13.8 Å². The number of rotatable bonds is 2. The van der Waals surface area contributed by atoms with Gasteiger partial charge in [-0.15, -0.1) is 0 Å². The molecule has 0 amide bonds. The van der Waals surface area contributed by atoms with E-state index in [0.717, 1.165) is 38.5 Å². The lowest BCUT2D eigenvalue weighted by molar-refractivity contribution is -0.175. The van der Waals surface area contributed by atoms with E-state index in [4.69, 9.17) is 4.74 Å². The number of carbonyl (C=O) groups excluding carboxylic acids is 2. The predicted octanol–water partition coefficient (Wildman–Crippen LogP) is 4.28. The third kappa shape index (κ3) is 2.65. The molecule has 0 unspecified atom stereocenters. The number of hydrogen-bond donors (Lipinski definition) is 1. The maximum absolute atomic E-state index is 12.3. The van der Waals surface area contributed by atoms with Crippen LogP contribution < -0.4 is 0 Å². The molecule has 8 atom stereocenters. The Morgan fingerprint density at radius 3 is 2.30 bits per heavy atom. The van der Waals surface area contributed by atoms with Crippen LogP contribution in [0, 0.1) is 34.5 Å². The van der Waals surface area contributed by atoms with Crippen molar-refractivity contribution in [2.75, 3.05) is 0 Å². The number of ether oxygens (including phenoxy) is 1. The second-order valence-electron chi connectivity index (χ2n) is 10.6. The van der Waals surface area contributed by atoms with Gasteiger partial charge < -0.3 is 9.84 Å². The molecule has 1 N–H and O–H groups in total. The topological polar surface area (TPSA) is 63.6 Å². The molecule has 27 heavy (non-hydrogen) atoms. The van der Waals surface area contributed by atoms with Gasteiger partial charge in [-0.1, -0.05) is 13.8 Å². The summed E-state index contributed by atoms with van der Waals surface area (Å²) in [6, 6.07) is 0. The molecule has 0 aromatic rings. The second kappa shape index (κ2) is 6.30. The van der Waals surface area contributed by atoms with Crippen LogP contribution in [0.2, 0.25) is 0 Å². The third-order valence-corrected chi connectivity index (χ3v) is 9.68. The van der Waals surface area contributed by atoms with Crippen LogP contribution in [0.5, 0.6) is 0 Å². The van der Waals surface area contributed by atoms with Crippen molar-refractivity contribution in [3.8, 4) is 0 Å².